The molecule has 0 unspecified atom stereocenters. The average Bonchev–Trinajstić information content (AvgIpc) is 3.05. The number of methoxy groups -OCH3 is 3. The van der Waals surface area contributed by atoms with Gasteiger partial charge >= 0.3 is 5.97 Å². The van der Waals surface area contributed by atoms with Crippen molar-refractivity contribution in [3.63, 3.8) is 0 Å². The van der Waals surface area contributed by atoms with Gasteiger partial charge in [-0.05, 0) is 19.1 Å². The second kappa shape index (κ2) is 8.39. The molecule has 2 aromatic rings. The van der Waals surface area contributed by atoms with Crippen LogP contribution in [0.15, 0.2) is 12.1 Å². The van der Waals surface area contributed by atoms with Gasteiger partial charge in [-0.3, -0.25) is 0 Å². The van der Waals surface area contributed by atoms with Crippen molar-refractivity contribution in [3.8, 4) is 28.4 Å². The van der Waals surface area contributed by atoms with Crippen LogP contribution in [-0.2, 0) is 11.3 Å². The number of carbonyl (C=O) groups excluding carboxylic acids is 1. The second-order valence-corrected chi connectivity index (χ2v) is 5.17. The minimum absolute atomic E-state index is 0.0969. The van der Waals surface area contributed by atoms with E-state index < -0.39 is 12.6 Å². The number of esters is 1. The van der Waals surface area contributed by atoms with Gasteiger partial charge in [-0.1, -0.05) is 0 Å². The summed E-state index contributed by atoms with van der Waals surface area (Å²) in [4.78, 5) is 15.0. The van der Waals surface area contributed by atoms with Crippen molar-refractivity contribution in [2.45, 2.75) is 13.5 Å². The Morgan fingerprint density at radius 1 is 1.19 bits per heavy atom. The Morgan fingerprint density at radius 2 is 1.88 bits per heavy atom. The first-order valence-electron chi connectivity index (χ1n) is 7.90. The highest BCUT2D eigenvalue weighted by Gasteiger charge is 2.27. The monoisotopic (exact) mass is 362 g/mol. The third-order valence-corrected chi connectivity index (χ3v) is 3.89. The van der Waals surface area contributed by atoms with Crippen molar-refractivity contribution in [2.75, 3.05) is 27.9 Å². The summed E-state index contributed by atoms with van der Waals surface area (Å²) in [6.07, 6.45) is 1.06. The van der Waals surface area contributed by atoms with E-state index in [1.165, 1.54) is 21.3 Å². The number of hydrogen-bond acceptors (Lipinski definition) is 7. The smallest absolute Gasteiger partial charge is 0.355 e. The van der Waals surface area contributed by atoms with Crippen LogP contribution in [-0.4, -0.2) is 50.2 Å². The molecule has 0 saturated heterocycles. The molecule has 0 saturated carbocycles. The van der Waals surface area contributed by atoms with Crippen molar-refractivity contribution in [1.29, 1.82) is 5.41 Å². The molecule has 2 rings (SSSR count). The van der Waals surface area contributed by atoms with Crippen LogP contribution < -0.4 is 14.2 Å². The Kier molecular flexibility index (Phi) is 6.24. The highest BCUT2D eigenvalue weighted by atomic mass is 16.5. The minimum Gasteiger partial charge on any atom is -0.493 e. The molecule has 1 aromatic heterocycles. The normalized spacial score (nSPS) is 10.3. The molecule has 1 aromatic carbocycles. The zero-order chi connectivity index (χ0) is 19.3. The topological polar surface area (TPSA) is 114 Å². The number of nitrogens with one attached hydrogen (secondary N) is 2. The fourth-order valence-electron chi connectivity index (χ4n) is 2.81. The lowest BCUT2D eigenvalue weighted by Gasteiger charge is -2.16. The van der Waals surface area contributed by atoms with Crippen LogP contribution in [0.3, 0.4) is 0 Å². The Hall–Kier alpha value is -3.00. The molecule has 0 aliphatic carbocycles. The summed E-state index contributed by atoms with van der Waals surface area (Å²) in [5, 5.41) is 17.6. The van der Waals surface area contributed by atoms with Gasteiger partial charge in [0.25, 0.3) is 0 Å². The Balaban J connectivity index is 2.79. The van der Waals surface area contributed by atoms with Crippen molar-refractivity contribution in [2.24, 2.45) is 0 Å². The predicted molar refractivity (Wildman–Crippen MR) is 95.6 cm³/mol. The van der Waals surface area contributed by atoms with Gasteiger partial charge in [-0.15, -0.1) is 0 Å². The number of hydrogen-bond donors (Lipinski definition) is 3. The molecule has 8 heteroatoms. The highest BCUT2D eigenvalue weighted by molar-refractivity contribution is 5.99. The van der Waals surface area contributed by atoms with E-state index in [9.17, 15) is 9.90 Å². The summed E-state index contributed by atoms with van der Waals surface area (Å²) in [6.45, 7) is 1.46. The molecule has 0 aliphatic rings. The number of aliphatic hydroxyl groups is 1. The van der Waals surface area contributed by atoms with Crippen molar-refractivity contribution in [1.82, 2.24) is 4.98 Å². The van der Waals surface area contributed by atoms with Crippen LogP contribution in [0.1, 0.15) is 28.7 Å². The standard InChI is InChI=1S/C18H22N2O6/c1-5-26-18(22)15-11(9-21)14(12(8-19)20-15)10-6-7-13(23-2)17(25-4)16(10)24-3/h6-8,19-21H,5,9H2,1-4H3. The van der Waals surface area contributed by atoms with Crippen molar-refractivity contribution < 1.29 is 28.8 Å². The zero-order valence-electron chi connectivity index (χ0n) is 15.1. The van der Waals surface area contributed by atoms with Gasteiger partial charge in [-0.25, -0.2) is 4.79 Å². The molecule has 0 bridgehead atoms. The molecule has 3 N–H and O–H groups in total. The average molecular weight is 362 g/mol. The molecule has 0 radical (unpaired) electrons. The molecule has 0 atom stereocenters. The minimum atomic E-state index is -0.606. The van der Waals surface area contributed by atoms with Crippen LogP contribution in [0, 0.1) is 5.41 Å². The number of benzene rings is 1. The van der Waals surface area contributed by atoms with Crippen LogP contribution in [0.4, 0.5) is 0 Å². The molecule has 0 fully saturated rings. The van der Waals surface area contributed by atoms with Gasteiger partial charge in [0.2, 0.25) is 5.75 Å². The maximum absolute atomic E-state index is 12.2. The van der Waals surface area contributed by atoms with Crippen molar-refractivity contribution in [3.05, 3.63) is 29.1 Å². The molecule has 26 heavy (non-hydrogen) atoms. The largest absolute Gasteiger partial charge is 0.493 e. The van der Waals surface area contributed by atoms with E-state index in [0.717, 1.165) is 6.21 Å². The first kappa shape index (κ1) is 19.3. The van der Waals surface area contributed by atoms with Crippen LogP contribution in [0.5, 0.6) is 17.2 Å². The van der Waals surface area contributed by atoms with E-state index in [1.807, 2.05) is 0 Å². The number of H-pyrrole nitrogens is 1. The number of ether oxygens (including phenoxy) is 4. The summed E-state index contributed by atoms with van der Waals surface area (Å²) in [7, 11) is 4.46. The van der Waals surface area contributed by atoms with Crippen LogP contribution >= 0.6 is 0 Å². The Morgan fingerprint density at radius 3 is 2.38 bits per heavy atom. The third kappa shape index (κ3) is 3.23. The molecule has 140 valence electrons. The second-order valence-electron chi connectivity index (χ2n) is 5.17. The Bertz CT molecular complexity index is 812. The fourth-order valence-corrected chi connectivity index (χ4v) is 2.81. The zero-order valence-corrected chi connectivity index (χ0v) is 15.1. The van der Waals surface area contributed by atoms with E-state index in [0.29, 0.717) is 39.6 Å². The lowest BCUT2D eigenvalue weighted by atomic mass is 9.98. The SMILES string of the molecule is CCOC(=O)c1[nH]c(C=N)c(-c2ccc(OC)c(OC)c2OC)c1CO. The predicted octanol–water partition coefficient (Wildman–Crippen LogP) is 2.37. The van der Waals surface area contributed by atoms with Gasteiger partial charge in [0.1, 0.15) is 5.69 Å². The molecule has 0 spiro atoms. The van der Waals surface area contributed by atoms with Gasteiger partial charge in [-0.2, -0.15) is 0 Å². The van der Waals surface area contributed by atoms with Gasteiger partial charge in [0, 0.05) is 22.9 Å². The number of rotatable bonds is 8. The maximum atomic E-state index is 12.2. The number of aromatic nitrogens is 1. The van der Waals surface area contributed by atoms with E-state index in [4.69, 9.17) is 24.4 Å². The van der Waals surface area contributed by atoms with Gasteiger partial charge in [0.05, 0.1) is 40.2 Å². The van der Waals surface area contributed by atoms with E-state index in [-0.39, 0.29) is 12.3 Å². The van der Waals surface area contributed by atoms with Gasteiger partial charge < -0.3 is 34.4 Å². The van der Waals surface area contributed by atoms with Gasteiger partial charge in [0.15, 0.2) is 11.5 Å². The molecule has 0 amide bonds. The quantitative estimate of drug-likeness (QED) is 0.491. The number of aromatic amines is 1. The summed E-state index contributed by atoms with van der Waals surface area (Å²) >= 11 is 0. The van der Waals surface area contributed by atoms with Crippen LogP contribution in [0.2, 0.25) is 0 Å². The molecule has 0 aliphatic heterocycles. The van der Waals surface area contributed by atoms with E-state index in [1.54, 1.807) is 19.1 Å². The first-order valence-corrected chi connectivity index (χ1v) is 7.90. The number of carbonyl (C=O) groups is 1. The Labute approximate surface area is 151 Å². The maximum Gasteiger partial charge on any atom is 0.355 e. The van der Waals surface area contributed by atoms with E-state index >= 15 is 0 Å². The summed E-state index contributed by atoms with van der Waals surface area (Å²) in [6, 6.07) is 3.40. The third-order valence-electron chi connectivity index (χ3n) is 3.89. The van der Waals surface area contributed by atoms with E-state index in [2.05, 4.69) is 4.98 Å². The molecule has 8 nitrogen and oxygen atoms in total. The van der Waals surface area contributed by atoms with Crippen molar-refractivity contribution >= 4 is 12.2 Å². The fraction of sp³-hybridized carbons (Fsp3) is 0.333. The molecule has 1 heterocycles. The lowest BCUT2D eigenvalue weighted by Crippen LogP contribution is -2.08. The molecular weight excluding hydrogens is 340 g/mol. The summed E-state index contributed by atoms with van der Waals surface area (Å²) in [5.74, 6) is 0.590. The molecular formula is C18H22N2O6. The summed E-state index contributed by atoms with van der Waals surface area (Å²) < 4.78 is 21.2. The lowest BCUT2D eigenvalue weighted by molar-refractivity contribution is 0.0516. The first-order chi connectivity index (χ1) is 12.6. The van der Waals surface area contributed by atoms with Crippen LogP contribution in [0.25, 0.3) is 11.1 Å². The number of aliphatic hydroxyl groups excluding tert-OH is 1. The highest BCUT2D eigenvalue weighted by Crippen LogP contribution is 2.46. The summed E-state index contributed by atoms with van der Waals surface area (Å²) in [5.41, 5.74) is 1.75.